The van der Waals surface area contributed by atoms with Crippen molar-refractivity contribution in [3.63, 3.8) is 0 Å². The van der Waals surface area contributed by atoms with Gasteiger partial charge >= 0.3 is 0 Å². The van der Waals surface area contributed by atoms with Crippen LogP contribution in [0.5, 0.6) is 11.5 Å². The van der Waals surface area contributed by atoms with Gasteiger partial charge in [0.2, 0.25) is 0 Å². The average molecular weight is 509 g/mol. The molecule has 2 atom stereocenters. The monoisotopic (exact) mass is 509 g/mol. The van der Waals surface area contributed by atoms with E-state index in [2.05, 4.69) is 17.6 Å². The van der Waals surface area contributed by atoms with Crippen LogP contribution in [-0.2, 0) is 0 Å². The number of hydrogen-bond donors (Lipinski definition) is 3. The normalized spacial score (nSPS) is 20.6. The molecule has 0 amide bonds. The largest absolute Gasteiger partial charge is 0.497 e. The van der Waals surface area contributed by atoms with Gasteiger partial charge in [-0.05, 0) is 50.1 Å². The number of ether oxygens (including phenoxy) is 2. The highest BCUT2D eigenvalue weighted by Gasteiger charge is 2.29. The van der Waals surface area contributed by atoms with Crippen molar-refractivity contribution in [1.29, 1.82) is 0 Å². The molecule has 1 aromatic rings. The van der Waals surface area contributed by atoms with Crippen LogP contribution >= 0.6 is 35.7 Å². The number of guanidine groups is 1. The molecule has 1 aliphatic rings. The number of methoxy groups -OCH3 is 2. The van der Waals surface area contributed by atoms with E-state index in [9.17, 15) is 5.11 Å². The van der Waals surface area contributed by atoms with Crippen LogP contribution in [0, 0.1) is 0 Å². The van der Waals surface area contributed by atoms with Crippen molar-refractivity contribution in [2.75, 3.05) is 39.6 Å². The van der Waals surface area contributed by atoms with Gasteiger partial charge in [0.05, 0.1) is 26.9 Å². The maximum atomic E-state index is 10.5. The summed E-state index contributed by atoms with van der Waals surface area (Å²) in [6.07, 6.45) is 1.77. The molecule has 1 fully saturated rings. The summed E-state index contributed by atoms with van der Waals surface area (Å²) in [6, 6.07) is 5.42. The molecule has 0 aromatic heterocycles. The highest BCUT2D eigenvalue weighted by Crippen LogP contribution is 2.37. The summed E-state index contributed by atoms with van der Waals surface area (Å²) in [4.78, 5) is 4.71. The van der Waals surface area contributed by atoms with Crippen molar-refractivity contribution in [2.24, 2.45) is 4.99 Å². The lowest BCUT2D eigenvalue weighted by Crippen LogP contribution is -2.40. The Morgan fingerprint density at radius 2 is 1.93 bits per heavy atom. The number of hydrogen-bond acceptors (Lipinski definition) is 5. The molecule has 0 saturated carbocycles. The van der Waals surface area contributed by atoms with E-state index in [1.165, 1.54) is 18.6 Å². The number of benzene rings is 1. The fraction of sp³-hybridized carbons (Fsp3) is 0.632. The summed E-state index contributed by atoms with van der Waals surface area (Å²) in [5.74, 6) is 3.26. The molecule has 8 heteroatoms. The summed E-state index contributed by atoms with van der Waals surface area (Å²) < 4.78 is 10.8. The summed E-state index contributed by atoms with van der Waals surface area (Å²) in [5.41, 5.74) is 0.739. The Bertz CT molecular complexity index is 588. The Hall–Kier alpha value is -0.870. The number of aliphatic hydroxyl groups excluding tert-OH is 1. The second-order valence-corrected chi connectivity index (χ2v) is 8.32. The Kier molecular flexibility index (Phi) is 10.6. The molecule has 1 saturated heterocycles. The molecule has 0 spiro atoms. The van der Waals surface area contributed by atoms with Crippen molar-refractivity contribution >= 4 is 41.7 Å². The van der Waals surface area contributed by atoms with Gasteiger partial charge in [0, 0.05) is 23.9 Å². The number of aliphatic imine (C=N–C) groups is 1. The number of nitrogens with one attached hydrogen (secondary N) is 2. The van der Waals surface area contributed by atoms with Crippen LogP contribution in [0.1, 0.15) is 38.4 Å². The molecule has 3 N–H and O–H groups in total. The number of rotatable bonds is 8. The lowest BCUT2D eigenvalue weighted by atomic mass is 10.1. The second kappa shape index (κ2) is 11.9. The van der Waals surface area contributed by atoms with Crippen molar-refractivity contribution in [3.05, 3.63) is 23.8 Å². The van der Waals surface area contributed by atoms with E-state index < -0.39 is 6.10 Å². The first kappa shape index (κ1) is 24.2. The smallest absolute Gasteiger partial charge is 0.191 e. The summed E-state index contributed by atoms with van der Waals surface area (Å²) in [6.45, 7) is 6.21. The first-order valence-corrected chi connectivity index (χ1v) is 10.1. The highest BCUT2D eigenvalue weighted by atomic mass is 127. The van der Waals surface area contributed by atoms with Crippen LogP contribution < -0.4 is 20.1 Å². The third-order valence-electron chi connectivity index (χ3n) is 4.44. The van der Waals surface area contributed by atoms with Crippen LogP contribution in [0.4, 0.5) is 0 Å². The molecule has 0 bridgehead atoms. The predicted octanol–water partition coefficient (Wildman–Crippen LogP) is 3.20. The number of halogens is 1. The molecule has 2 unspecified atom stereocenters. The van der Waals surface area contributed by atoms with E-state index in [0.29, 0.717) is 18.0 Å². The van der Waals surface area contributed by atoms with Gasteiger partial charge in [0.15, 0.2) is 5.96 Å². The Morgan fingerprint density at radius 3 is 2.44 bits per heavy atom. The van der Waals surface area contributed by atoms with Gasteiger partial charge in [-0.25, -0.2) is 0 Å². The molecule has 1 aromatic carbocycles. The first-order chi connectivity index (χ1) is 12.5. The molecular formula is C19H32IN3O3S. The average Bonchev–Trinajstić information content (AvgIpc) is 3.10. The van der Waals surface area contributed by atoms with Gasteiger partial charge in [-0.15, -0.1) is 24.0 Å². The molecular weight excluding hydrogens is 477 g/mol. The molecule has 27 heavy (non-hydrogen) atoms. The van der Waals surface area contributed by atoms with Crippen molar-refractivity contribution in [2.45, 2.75) is 37.5 Å². The van der Waals surface area contributed by atoms with E-state index >= 15 is 0 Å². The Balaban J connectivity index is 0.00000364. The first-order valence-electron chi connectivity index (χ1n) is 9.07. The minimum absolute atomic E-state index is 0. The number of thioether (sulfide) groups is 1. The van der Waals surface area contributed by atoms with Gasteiger partial charge in [0.1, 0.15) is 11.5 Å². The maximum Gasteiger partial charge on any atom is 0.191 e. The van der Waals surface area contributed by atoms with Crippen molar-refractivity contribution < 1.29 is 14.6 Å². The van der Waals surface area contributed by atoms with E-state index in [1.807, 2.05) is 30.8 Å². The maximum absolute atomic E-state index is 10.5. The van der Waals surface area contributed by atoms with Gasteiger partial charge in [-0.1, -0.05) is 0 Å². The molecule has 1 aliphatic heterocycles. The molecule has 154 valence electrons. The molecule has 2 rings (SSSR count). The SMILES string of the molecule is CCNC(=NCC1(C)CCCS1)NCC(O)c1cc(OC)cc(OC)c1.I. The zero-order chi connectivity index (χ0) is 19.0. The van der Waals surface area contributed by atoms with Crippen LogP contribution in [0.25, 0.3) is 0 Å². The van der Waals surface area contributed by atoms with Gasteiger partial charge in [0.25, 0.3) is 0 Å². The van der Waals surface area contributed by atoms with Crippen LogP contribution in [0.15, 0.2) is 23.2 Å². The third kappa shape index (κ3) is 7.57. The number of aliphatic hydroxyl groups is 1. The summed E-state index contributed by atoms with van der Waals surface area (Å²) in [7, 11) is 3.20. The fourth-order valence-corrected chi connectivity index (χ4v) is 4.11. The fourth-order valence-electron chi connectivity index (χ4n) is 2.88. The summed E-state index contributed by atoms with van der Waals surface area (Å²) in [5, 5.41) is 17.0. The van der Waals surface area contributed by atoms with E-state index in [4.69, 9.17) is 14.5 Å². The Labute approximate surface area is 183 Å². The molecule has 0 aliphatic carbocycles. The zero-order valence-electron chi connectivity index (χ0n) is 16.6. The van der Waals surface area contributed by atoms with Crippen molar-refractivity contribution in [3.8, 4) is 11.5 Å². The molecule has 0 radical (unpaired) electrons. The van der Waals surface area contributed by atoms with Crippen LogP contribution in [0.3, 0.4) is 0 Å². The second-order valence-electron chi connectivity index (χ2n) is 6.64. The van der Waals surface area contributed by atoms with Crippen LogP contribution in [0.2, 0.25) is 0 Å². The summed E-state index contributed by atoms with van der Waals surface area (Å²) >= 11 is 1.99. The predicted molar refractivity (Wildman–Crippen MR) is 124 cm³/mol. The van der Waals surface area contributed by atoms with E-state index in [1.54, 1.807) is 20.3 Å². The zero-order valence-corrected chi connectivity index (χ0v) is 19.7. The third-order valence-corrected chi connectivity index (χ3v) is 5.96. The van der Waals surface area contributed by atoms with Gasteiger partial charge < -0.3 is 25.2 Å². The van der Waals surface area contributed by atoms with Gasteiger partial charge in [-0.2, -0.15) is 11.8 Å². The topological polar surface area (TPSA) is 75.1 Å². The van der Waals surface area contributed by atoms with E-state index in [0.717, 1.165) is 24.6 Å². The lowest BCUT2D eigenvalue weighted by molar-refractivity contribution is 0.180. The highest BCUT2D eigenvalue weighted by molar-refractivity contribution is 14.0. The van der Waals surface area contributed by atoms with Gasteiger partial charge in [-0.3, -0.25) is 4.99 Å². The van der Waals surface area contributed by atoms with Crippen molar-refractivity contribution in [1.82, 2.24) is 10.6 Å². The standard InChI is InChI=1S/C19H31N3O3S.HI/c1-5-20-18(22-13-19(2)7-6-8-26-19)21-12-17(23)14-9-15(24-3)11-16(10-14)25-4;/h9-11,17,23H,5-8,12-13H2,1-4H3,(H2,20,21,22);1H. The van der Waals surface area contributed by atoms with E-state index in [-0.39, 0.29) is 28.7 Å². The molecule has 6 nitrogen and oxygen atoms in total. The minimum atomic E-state index is -0.695. The molecule has 1 heterocycles. The van der Waals surface area contributed by atoms with Crippen LogP contribution in [-0.4, -0.2) is 55.4 Å². The quantitative estimate of drug-likeness (QED) is 0.284. The Morgan fingerprint density at radius 1 is 1.26 bits per heavy atom. The minimum Gasteiger partial charge on any atom is -0.497 e. The number of nitrogens with zero attached hydrogens (tertiary/aromatic N) is 1. The lowest BCUT2D eigenvalue weighted by Gasteiger charge is -2.21.